The Bertz CT molecular complexity index is 605. The maximum Gasteiger partial charge on any atom is 0.237 e. The predicted octanol–water partition coefficient (Wildman–Crippen LogP) is 2.06. The average Bonchev–Trinajstić information content (AvgIpc) is 2.64. The van der Waals surface area contributed by atoms with Crippen LogP contribution in [-0.4, -0.2) is 31.1 Å². The lowest BCUT2D eigenvalue weighted by Gasteiger charge is -2.16. The third kappa shape index (κ3) is 2.71. The second kappa shape index (κ2) is 4.85. The minimum atomic E-state index is -3.76. The Morgan fingerprint density at radius 2 is 2.06 bits per heavy atom. The van der Waals surface area contributed by atoms with Gasteiger partial charge in [0.1, 0.15) is 10.4 Å². The zero-order valence-electron chi connectivity index (χ0n) is 8.81. The summed E-state index contributed by atoms with van der Waals surface area (Å²) in [6, 6.07) is 1.46. The molecule has 98 valence electrons. The quantitative estimate of drug-likeness (QED) is 0.615. The van der Waals surface area contributed by atoms with Gasteiger partial charge in [0.2, 0.25) is 15.0 Å². The first-order valence-electron chi connectivity index (χ1n) is 4.84. The van der Waals surface area contributed by atoms with Crippen LogP contribution in [-0.2, 0) is 13.8 Å². The molecule has 0 saturated carbocycles. The molecule has 1 saturated heterocycles. The van der Waals surface area contributed by atoms with E-state index in [1.807, 2.05) is 0 Å². The first kappa shape index (κ1) is 13.9. The van der Waals surface area contributed by atoms with Crippen LogP contribution in [0.2, 0.25) is 10.2 Å². The minimum absolute atomic E-state index is 0.00962. The molecule has 9 heteroatoms. The molecule has 1 amide bonds. The Kier molecular flexibility index (Phi) is 3.73. The molecule has 1 fully saturated rings. The number of pyridine rings is 1. The normalized spacial score (nSPS) is 20.5. The highest BCUT2D eigenvalue weighted by molar-refractivity contribution is 8.14. The smallest absolute Gasteiger partial charge is 0.237 e. The molecule has 1 unspecified atom stereocenters. The zero-order chi connectivity index (χ0) is 13.5. The van der Waals surface area contributed by atoms with Gasteiger partial charge in [-0.3, -0.25) is 4.79 Å². The number of nitrogens with zero attached hydrogens (tertiary/aromatic N) is 2. The Morgan fingerprint density at radius 1 is 1.39 bits per heavy atom. The van der Waals surface area contributed by atoms with E-state index in [9.17, 15) is 13.2 Å². The van der Waals surface area contributed by atoms with Crippen LogP contribution in [0.4, 0.5) is 5.69 Å². The van der Waals surface area contributed by atoms with Gasteiger partial charge in [-0.2, -0.15) is 0 Å². The molecule has 1 atom stereocenters. The van der Waals surface area contributed by atoms with Crippen LogP contribution in [0.1, 0.15) is 6.42 Å². The van der Waals surface area contributed by atoms with Crippen molar-refractivity contribution in [1.82, 2.24) is 4.98 Å². The number of halogens is 3. The number of aromatic nitrogens is 1. The largest absolute Gasteiger partial charge is 0.309 e. The molecule has 2 heterocycles. The molecule has 1 aromatic rings. The molecular formula is C9H7Cl3N2O3S. The van der Waals surface area contributed by atoms with Crippen molar-refractivity contribution in [2.75, 3.05) is 11.4 Å². The van der Waals surface area contributed by atoms with Crippen molar-refractivity contribution >= 4 is 54.5 Å². The Labute approximate surface area is 118 Å². The summed E-state index contributed by atoms with van der Waals surface area (Å²) in [6.45, 7) is -0.00962. The maximum atomic E-state index is 11.7. The fraction of sp³-hybridized carbons (Fsp3) is 0.333. The Hall–Kier alpha value is -0.560. The lowest BCUT2D eigenvalue weighted by atomic mass is 10.4. The first-order chi connectivity index (χ1) is 8.29. The topological polar surface area (TPSA) is 67.3 Å². The summed E-state index contributed by atoms with van der Waals surface area (Å²) in [6.07, 6.45) is 1.21. The molecule has 2 rings (SSSR count). The summed E-state index contributed by atoms with van der Waals surface area (Å²) in [5.41, 5.74) is 0.400. The second-order valence-corrected chi connectivity index (χ2v) is 7.45. The molecule has 0 N–H and O–H groups in total. The summed E-state index contributed by atoms with van der Waals surface area (Å²) in [4.78, 5) is 16.8. The van der Waals surface area contributed by atoms with Gasteiger partial charge < -0.3 is 4.90 Å². The molecule has 18 heavy (non-hydrogen) atoms. The summed E-state index contributed by atoms with van der Waals surface area (Å²) < 4.78 is 22.4. The summed E-state index contributed by atoms with van der Waals surface area (Å²) in [5, 5.41) is -0.603. The van der Waals surface area contributed by atoms with Gasteiger partial charge in [0, 0.05) is 23.6 Å². The van der Waals surface area contributed by atoms with Crippen LogP contribution in [0.5, 0.6) is 0 Å². The van der Waals surface area contributed by atoms with Crippen molar-refractivity contribution < 1.29 is 13.2 Å². The summed E-state index contributed by atoms with van der Waals surface area (Å²) >= 11 is 11.5. The highest BCUT2D eigenvalue weighted by Gasteiger charge is 2.38. The highest BCUT2D eigenvalue weighted by atomic mass is 35.7. The van der Waals surface area contributed by atoms with Crippen molar-refractivity contribution in [3.63, 3.8) is 0 Å². The van der Waals surface area contributed by atoms with Gasteiger partial charge in [-0.1, -0.05) is 23.2 Å². The van der Waals surface area contributed by atoms with Gasteiger partial charge in [-0.15, -0.1) is 0 Å². The molecule has 1 aromatic heterocycles. The molecule has 1 aliphatic rings. The number of rotatable bonds is 2. The monoisotopic (exact) mass is 328 g/mol. The Morgan fingerprint density at radius 3 is 2.56 bits per heavy atom. The number of amides is 1. The van der Waals surface area contributed by atoms with Gasteiger partial charge in [0.15, 0.2) is 0 Å². The van der Waals surface area contributed by atoms with Gasteiger partial charge in [-0.25, -0.2) is 13.4 Å². The summed E-state index contributed by atoms with van der Waals surface area (Å²) in [5.74, 6) is -0.343. The van der Waals surface area contributed by atoms with Crippen molar-refractivity contribution in [3.05, 3.63) is 22.4 Å². The lowest BCUT2D eigenvalue weighted by Crippen LogP contribution is -2.26. The number of hydrogen-bond acceptors (Lipinski definition) is 4. The number of carbonyl (C=O) groups excluding carboxylic acids is 1. The number of carbonyl (C=O) groups is 1. The van der Waals surface area contributed by atoms with E-state index in [2.05, 4.69) is 4.98 Å². The van der Waals surface area contributed by atoms with E-state index in [1.54, 1.807) is 0 Å². The van der Waals surface area contributed by atoms with Crippen LogP contribution in [0.3, 0.4) is 0 Å². The van der Waals surface area contributed by atoms with E-state index in [-0.39, 0.29) is 29.0 Å². The molecular weight excluding hydrogens is 323 g/mol. The van der Waals surface area contributed by atoms with Crippen molar-refractivity contribution in [2.45, 2.75) is 11.7 Å². The molecule has 0 radical (unpaired) electrons. The number of hydrogen-bond donors (Lipinski definition) is 0. The number of anilines is 1. The van der Waals surface area contributed by atoms with E-state index in [1.165, 1.54) is 17.2 Å². The van der Waals surface area contributed by atoms with Gasteiger partial charge in [0.05, 0.1) is 16.9 Å². The molecule has 0 spiro atoms. The van der Waals surface area contributed by atoms with Gasteiger partial charge in [-0.05, 0) is 6.07 Å². The van der Waals surface area contributed by atoms with Gasteiger partial charge >= 0.3 is 0 Å². The fourth-order valence-electron chi connectivity index (χ4n) is 1.67. The van der Waals surface area contributed by atoms with Crippen molar-refractivity contribution in [2.24, 2.45) is 0 Å². The lowest BCUT2D eigenvalue weighted by molar-refractivity contribution is -0.117. The maximum absolute atomic E-state index is 11.7. The van der Waals surface area contributed by atoms with Crippen LogP contribution < -0.4 is 4.90 Å². The fourth-order valence-corrected chi connectivity index (χ4v) is 2.96. The van der Waals surface area contributed by atoms with Crippen molar-refractivity contribution in [1.29, 1.82) is 0 Å². The van der Waals surface area contributed by atoms with E-state index >= 15 is 0 Å². The third-order valence-corrected chi connectivity index (χ3v) is 5.14. The van der Waals surface area contributed by atoms with Crippen LogP contribution in [0, 0.1) is 0 Å². The standard InChI is InChI=1S/C9H7Cl3N2O3S/c10-7-1-5(3-13-9(7)11)14-4-6(2-8(14)15)18(12,16)17/h1,3,6H,2,4H2. The molecule has 0 aliphatic carbocycles. The Balaban J connectivity index is 2.30. The van der Waals surface area contributed by atoms with E-state index in [0.29, 0.717) is 5.69 Å². The van der Waals surface area contributed by atoms with Crippen LogP contribution >= 0.6 is 33.9 Å². The molecule has 1 aliphatic heterocycles. The highest BCUT2D eigenvalue weighted by Crippen LogP contribution is 2.29. The summed E-state index contributed by atoms with van der Waals surface area (Å²) in [7, 11) is 1.48. The van der Waals surface area contributed by atoms with Crippen LogP contribution in [0.25, 0.3) is 0 Å². The molecule has 0 aromatic carbocycles. The van der Waals surface area contributed by atoms with E-state index in [0.717, 1.165) is 0 Å². The predicted molar refractivity (Wildman–Crippen MR) is 69.8 cm³/mol. The minimum Gasteiger partial charge on any atom is -0.309 e. The third-order valence-electron chi connectivity index (χ3n) is 2.58. The van der Waals surface area contributed by atoms with Crippen molar-refractivity contribution in [3.8, 4) is 0 Å². The van der Waals surface area contributed by atoms with E-state index < -0.39 is 14.3 Å². The van der Waals surface area contributed by atoms with Crippen LogP contribution in [0.15, 0.2) is 12.3 Å². The second-order valence-electron chi connectivity index (χ2n) is 3.77. The average molecular weight is 330 g/mol. The van der Waals surface area contributed by atoms with Gasteiger partial charge in [0.25, 0.3) is 0 Å². The molecule has 5 nitrogen and oxygen atoms in total. The first-order valence-corrected chi connectivity index (χ1v) is 7.97. The SMILES string of the molecule is O=C1CC(S(=O)(=O)Cl)CN1c1cnc(Cl)c(Cl)c1. The van der Waals surface area contributed by atoms with E-state index in [4.69, 9.17) is 33.9 Å². The molecule has 0 bridgehead atoms. The zero-order valence-corrected chi connectivity index (χ0v) is 11.9.